The van der Waals surface area contributed by atoms with Gasteiger partial charge < -0.3 is 15.8 Å². The summed E-state index contributed by atoms with van der Waals surface area (Å²) < 4.78 is 5.19. The number of nitrogens with zero attached hydrogens (tertiary/aromatic N) is 1. The van der Waals surface area contributed by atoms with E-state index in [2.05, 4.69) is 22.2 Å². The number of ether oxygens (including phenoxy) is 1. The van der Waals surface area contributed by atoms with Gasteiger partial charge in [-0.15, -0.1) is 0 Å². The molecule has 0 heterocycles. The SMILES string of the molecule is CN=C(NCCC#Cc1cc(Cl)ccc1COC)c1ccccc1N. The van der Waals surface area contributed by atoms with Crippen molar-refractivity contribution in [3.8, 4) is 11.8 Å². The van der Waals surface area contributed by atoms with Crippen molar-refractivity contribution in [1.29, 1.82) is 0 Å². The molecule has 0 aliphatic rings. The summed E-state index contributed by atoms with van der Waals surface area (Å²) in [5.41, 5.74) is 9.51. The van der Waals surface area contributed by atoms with Crippen LogP contribution in [0.2, 0.25) is 5.02 Å². The van der Waals surface area contributed by atoms with Crippen molar-refractivity contribution in [2.45, 2.75) is 13.0 Å². The van der Waals surface area contributed by atoms with Crippen LogP contribution < -0.4 is 11.1 Å². The summed E-state index contributed by atoms with van der Waals surface area (Å²) in [6.45, 7) is 1.19. The number of amidine groups is 1. The van der Waals surface area contributed by atoms with Gasteiger partial charge in [-0.1, -0.05) is 41.6 Å². The number of nitrogens with two attached hydrogens (primary N) is 1. The van der Waals surface area contributed by atoms with Gasteiger partial charge in [-0.2, -0.15) is 0 Å². The maximum absolute atomic E-state index is 6.05. The molecule has 0 aliphatic heterocycles. The Kier molecular flexibility index (Phi) is 7.34. The highest BCUT2D eigenvalue weighted by atomic mass is 35.5. The third-order valence-corrected chi connectivity index (χ3v) is 3.81. The Labute approximate surface area is 154 Å². The maximum Gasteiger partial charge on any atom is 0.130 e. The number of nitrogen functional groups attached to an aromatic ring is 1. The van der Waals surface area contributed by atoms with E-state index in [9.17, 15) is 0 Å². The van der Waals surface area contributed by atoms with Crippen molar-refractivity contribution >= 4 is 23.1 Å². The Morgan fingerprint density at radius 3 is 2.80 bits per heavy atom. The van der Waals surface area contributed by atoms with E-state index in [-0.39, 0.29) is 0 Å². The van der Waals surface area contributed by atoms with Crippen LogP contribution in [-0.4, -0.2) is 26.5 Å². The second-order valence-electron chi connectivity index (χ2n) is 5.37. The summed E-state index contributed by atoms with van der Waals surface area (Å²) in [5.74, 6) is 7.09. The molecule has 4 nitrogen and oxygen atoms in total. The normalized spacial score (nSPS) is 10.9. The lowest BCUT2D eigenvalue weighted by Crippen LogP contribution is -2.26. The molecule has 0 saturated carbocycles. The first-order chi connectivity index (χ1) is 12.2. The van der Waals surface area contributed by atoms with E-state index in [1.807, 2.05) is 42.5 Å². The molecule has 0 fully saturated rings. The molecule has 0 aromatic heterocycles. The average molecular weight is 356 g/mol. The topological polar surface area (TPSA) is 59.6 Å². The lowest BCUT2D eigenvalue weighted by molar-refractivity contribution is 0.184. The first-order valence-electron chi connectivity index (χ1n) is 7.97. The first-order valence-corrected chi connectivity index (χ1v) is 8.35. The molecule has 2 aromatic carbocycles. The number of aliphatic imine (C=N–C) groups is 1. The lowest BCUT2D eigenvalue weighted by Gasteiger charge is -2.10. The number of anilines is 1. The quantitative estimate of drug-likeness (QED) is 0.284. The largest absolute Gasteiger partial charge is 0.398 e. The van der Waals surface area contributed by atoms with Gasteiger partial charge in [0.2, 0.25) is 0 Å². The number of hydrogen-bond donors (Lipinski definition) is 2. The van der Waals surface area contributed by atoms with E-state index in [4.69, 9.17) is 22.1 Å². The Balaban J connectivity index is 1.97. The van der Waals surface area contributed by atoms with Gasteiger partial charge in [0.25, 0.3) is 0 Å². The van der Waals surface area contributed by atoms with E-state index in [0.29, 0.717) is 30.3 Å². The van der Waals surface area contributed by atoms with Gasteiger partial charge in [0.05, 0.1) is 6.61 Å². The van der Waals surface area contributed by atoms with E-state index in [1.165, 1.54) is 0 Å². The van der Waals surface area contributed by atoms with Crippen molar-refractivity contribution in [3.05, 3.63) is 64.2 Å². The van der Waals surface area contributed by atoms with Crippen LogP contribution in [0, 0.1) is 11.8 Å². The van der Waals surface area contributed by atoms with E-state index >= 15 is 0 Å². The van der Waals surface area contributed by atoms with Gasteiger partial charge in [0.1, 0.15) is 5.84 Å². The molecule has 0 atom stereocenters. The van der Waals surface area contributed by atoms with Crippen molar-refractivity contribution in [2.75, 3.05) is 26.4 Å². The summed E-state index contributed by atoms with van der Waals surface area (Å²) in [6, 6.07) is 13.3. The summed E-state index contributed by atoms with van der Waals surface area (Å²) >= 11 is 6.05. The minimum absolute atomic E-state index is 0.513. The number of nitrogens with one attached hydrogen (secondary N) is 1. The Bertz CT molecular complexity index is 806. The van der Waals surface area contributed by atoms with Crippen LogP contribution in [0.15, 0.2) is 47.5 Å². The molecule has 0 saturated heterocycles. The highest BCUT2D eigenvalue weighted by molar-refractivity contribution is 6.30. The summed E-state index contributed by atoms with van der Waals surface area (Å²) in [5, 5.41) is 3.95. The van der Waals surface area contributed by atoms with Crippen LogP contribution in [0.3, 0.4) is 0 Å². The van der Waals surface area contributed by atoms with Crippen molar-refractivity contribution in [3.63, 3.8) is 0 Å². The zero-order chi connectivity index (χ0) is 18.1. The molecule has 130 valence electrons. The minimum atomic E-state index is 0.513. The Hall–Kier alpha value is -2.48. The molecular formula is C20H22ClN3O. The smallest absolute Gasteiger partial charge is 0.130 e. The number of benzene rings is 2. The van der Waals surface area contributed by atoms with Gasteiger partial charge in [-0.25, -0.2) is 0 Å². The standard InChI is InChI=1S/C20H22ClN3O/c1-23-20(18-8-3-4-9-19(18)22)24-12-6-5-7-15-13-17(21)11-10-16(15)14-25-2/h3-4,8-11,13H,6,12,14,22H2,1-2H3,(H,23,24). The van der Waals surface area contributed by atoms with Gasteiger partial charge in [-0.3, -0.25) is 4.99 Å². The fourth-order valence-electron chi connectivity index (χ4n) is 2.35. The van der Waals surface area contributed by atoms with Crippen LogP contribution in [-0.2, 0) is 11.3 Å². The molecule has 0 unspecified atom stereocenters. The van der Waals surface area contributed by atoms with Crippen molar-refractivity contribution < 1.29 is 4.74 Å². The second kappa shape index (κ2) is 9.73. The van der Waals surface area contributed by atoms with Crippen LogP contribution in [0.4, 0.5) is 5.69 Å². The van der Waals surface area contributed by atoms with Gasteiger partial charge in [-0.05, 0) is 29.8 Å². The summed E-state index contributed by atoms with van der Waals surface area (Å²) in [4.78, 5) is 4.27. The molecule has 0 amide bonds. The fraction of sp³-hybridized carbons (Fsp3) is 0.250. The highest BCUT2D eigenvalue weighted by Gasteiger charge is 2.05. The third kappa shape index (κ3) is 5.53. The van der Waals surface area contributed by atoms with E-state index in [0.717, 1.165) is 22.5 Å². The number of halogens is 1. The Morgan fingerprint density at radius 2 is 2.08 bits per heavy atom. The predicted octanol–water partition coefficient (Wildman–Crippen LogP) is 3.48. The summed E-state index contributed by atoms with van der Waals surface area (Å²) in [7, 11) is 3.40. The zero-order valence-corrected chi connectivity index (χ0v) is 15.2. The number of rotatable bonds is 5. The van der Waals surface area contributed by atoms with Crippen molar-refractivity contribution in [2.24, 2.45) is 4.99 Å². The average Bonchev–Trinajstić information content (AvgIpc) is 2.61. The van der Waals surface area contributed by atoms with E-state index < -0.39 is 0 Å². The third-order valence-electron chi connectivity index (χ3n) is 3.58. The van der Waals surface area contributed by atoms with Gasteiger partial charge in [0.15, 0.2) is 0 Å². The molecule has 5 heteroatoms. The molecule has 0 spiro atoms. The number of methoxy groups -OCH3 is 1. The molecule has 2 aromatic rings. The van der Waals surface area contributed by atoms with E-state index in [1.54, 1.807) is 14.2 Å². The molecule has 25 heavy (non-hydrogen) atoms. The zero-order valence-electron chi connectivity index (χ0n) is 14.5. The monoisotopic (exact) mass is 355 g/mol. The van der Waals surface area contributed by atoms with Gasteiger partial charge >= 0.3 is 0 Å². The van der Waals surface area contributed by atoms with Crippen molar-refractivity contribution in [1.82, 2.24) is 5.32 Å². The van der Waals surface area contributed by atoms with Gasteiger partial charge in [0, 0.05) is 49.0 Å². The lowest BCUT2D eigenvalue weighted by atomic mass is 10.1. The second-order valence-corrected chi connectivity index (χ2v) is 5.81. The molecule has 2 rings (SSSR count). The van der Waals surface area contributed by atoms with Crippen LogP contribution in [0.1, 0.15) is 23.1 Å². The Morgan fingerprint density at radius 1 is 1.28 bits per heavy atom. The first kappa shape index (κ1) is 18.9. The summed E-state index contributed by atoms with van der Waals surface area (Å²) in [6.07, 6.45) is 0.671. The molecule has 0 aliphatic carbocycles. The number of para-hydroxylation sites is 1. The molecule has 0 bridgehead atoms. The fourth-order valence-corrected chi connectivity index (χ4v) is 2.53. The molecular weight excluding hydrogens is 334 g/mol. The minimum Gasteiger partial charge on any atom is -0.398 e. The maximum atomic E-state index is 6.05. The number of hydrogen-bond acceptors (Lipinski definition) is 3. The van der Waals surface area contributed by atoms with Crippen LogP contribution in [0.5, 0.6) is 0 Å². The van der Waals surface area contributed by atoms with Crippen LogP contribution in [0.25, 0.3) is 0 Å². The van der Waals surface area contributed by atoms with Crippen LogP contribution >= 0.6 is 11.6 Å². The molecule has 0 radical (unpaired) electrons. The highest BCUT2D eigenvalue weighted by Crippen LogP contribution is 2.16. The predicted molar refractivity (Wildman–Crippen MR) is 105 cm³/mol. The molecule has 3 N–H and O–H groups in total.